The maximum absolute atomic E-state index is 12.9. The molecule has 0 saturated heterocycles. The zero-order valence-corrected chi connectivity index (χ0v) is 11.0. The highest BCUT2D eigenvalue weighted by Crippen LogP contribution is 2.21. The molecule has 0 unspecified atom stereocenters. The maximum Gasteiger partial charge on any atom is 0.123 e. The quantitative estimate of drug-likeness (QED) is 0.667. The number of nitrogens with zero attached hydrogens (tertiary/aromatic N) is 2. The maximum atomic E-state index is 12.9. The van der Waals surface area contributed by atoms with Gasteiger partial charge in [-0.15, -0.1) is 0 Å². The van der Waals surface area contributed by atoms with E-state index in [2.05, 4.69) is 37.1 Å². The van der Waals surface area contributed by atoms with Crippen LogP contribution in [0.5, 0.6) is 0 Å². The predicted octanol–water partition coefficient (Wildman–Crippen LogP) is 4.29. The third-order valence-corrected chi connectivity index (χ3v) is 3.29. The van der Waals surface area contributed by atoms with Gasteiger partial charge in [-0.05, 0) is 41.8 Å². The van der Waals surface area contributed by atoms with E-state index in [1.54, 1.807) is 16.8 Å². The fraction of sp³-hybridized carbons (Fsp3) is 0.188. The van der Waals surface area contributed by atoms with Crippen molar-refractivity contribution in [3.63, 3.8) is 0 Å². The van der Waals surface area contributed by atoms with Crippen LogP contribution >= 0.6 is 0 Å². The Labute approximate surface area is 111 Å². The van der Waals surface area contributed by atoms with E-state index in [0.717, 1.165) is 16.6 Å². The molecule has 1 aromatic heterocycles. The van der Waals surface area contributed by atoms with Crippen LogP contribution in [-0.2, 0) is 0 Å². The van der Waals surface area contributed by atoms with Gasteiger partial charge in [0.1, 0.15) is 5.82 Å². The van der Waals surface area contributed by atoms with Crippen molar-refractivity contribution in [2.75, 3.05) is 0 Å². The summed E-state index contributed by atoms with van der Waals surface area (Å²) in [6, 6.07) is 12.7. The molecule has 0 bridgehead atoms. The minimum atomic E-state index is -0.234. The molecule has 0 N–H and O–H groups in total. The second kappa shape index (κ2) is 4.50. The predicted molar refractivity (Wildman–Crippen MR) is 75.1 cm³/mol. The van der Waals surface area contributed by atoms with Gasteiger partial charge in [0.25, 0.3) is 0 Å². The van der Waals surface area contributed by atoms with Crippen molar-refractivity contribution in [3.8, 4) is 5.69 Å². The van der Waals surface area contributed by atoms with E-state index >= 15 is 0 Å². The summed E-state index contributed by atoms with van der Waals surface area (Å²) in [6.07, 6.45) is 1.96. The molecular weight excluding hydrogens is 239 g/mol. The fourth-order valence-corrected chi connectivity index (χ4v) is 2.12. The van der Waals surface area contributed by atoms with E-state index in [-0.39, 0.29) is 5.82 Å². The SMILES string of the molecule is CC(C)c1ccc2cn(-c3ccc(F)cc3)nc2c1. The molecule has 3 heteroatoms. The average molecular weight is 254 g/mol. The lowest BCUT2D eigenvalue weighted by molar-refractivity contribution is 0.627. The standard InChI is InChI=1S/C16H15FN2/c1-11(2)12-3-4-13-10-19(18-16(13)9-12)15-7-5-14(17)6-8-15/h3-11H,1-2H3. The van der Waals surface area contributed by atoms with Crippen LogP contribution in [-0.4, -0.2) is 9.78 Å². The van der Waals surface area contributed by atoms with Gasteiger partial charge in [0.05, 0.1) is 11.2 Å². The molecule has 1 heterocycles. The molecule has 0 aliphatic carbocycles. The highest BCUT2D eigenvalue weighted by Gasteiger charge is 2.05. The smallest absolute Gasteiger partial charge is 0.123 e. The number of aromatic nitrogens is 2. The van der Waals surface area contributed by atoms with Crippen molar-refractivity contribution < 1.29 is 4.39 Å². The molecule has 0 aliphatic rings. The largest absolute Gasteiger partial charge is 0.240 e. The van der Waals surface area contributed by atoms with Gasteiger partial charge in [0.2, 0.25) is 0 Å². The number of hydrogen-bond acceptors (Lipinski definition) is 1. The van der Waals surface area contributed by atoms with Crippen LogP contribution in [0.3, 0.4) is 0 Å². The average Bonchev–Trinajstić information content (AvgIpc) is 2.82. The molecule has 0 radical (unpaired) electrons. The van der Waals surface area contributed by atoms with Crippen molar-refractivity contribution in [1.82, 2.24) is 9.78 Å². The van der Waals surface area contributed by atoms with Crippen molar-refractivity contribution in [1.29, 1.82) is 0 Å². The van der Waals surface area contributed by atoms with Gasteiger partial charge in [-0.2, -0.15) is 5.10 Å². The third-order valence-electron chi connectivity index (χ3n) is 3.29. The Bertz CT molecular complexity index is 711. The Morgan fingerprint density at radius 2 is 1.79 bits per heavy atom. The molecule has 96 valence electrons. The van der Waals surface area contributed by atoms with Crippen LogP contribution in [0.4, 0.5) is 4.39 Å². The number of benzene rings is 2. The molecule has 3 rings (SSSR count). The van der Waals surface area contributed by atoms with E-state index < -0.39 is 0 Å². The van der Waals surface area contributed by atoms with Crippen LogP contribution in [0.1, 0.15) is 25.3 Å². The van der Waals surface area contributed by atoms with Crippen molar-refractivity contribution >= 4 is 10.9 Å². The summed E-state index contributed by atoms with van der Waals surface area (Å²) >= 11 is 0. The van der Waals surface area contributed by atoms with Gasteiger partial charge in [0.15, 0.2) is 0 Å². The van der Waals surface area contributed by atoms with Crippen molar-refractivity contribution in [2.24, 2.45) is 0 Å². The van der Waals surface area contributed by atoms with E-state index in [1.807, 2.05) is 6.20 Å². The Kier molecular flexibility index (Phi) is 2.82. The van der Waals surface area contributed by atoms with Gasteiger partial charge in [-0.1, -0.05) is 26.0 Å². The third kappa shape index (κ3) is 2.24. The summed E-state index contributed by atoms with van der Waals surface area (Å²) in [7, 11) is 0. The number of fused-ring (bicyclic) bond motifs is 1. The minimum Gasteiger partial charge on any atom is -0.240 e. The molecule has 0 atom stereocenters. The lowest BCUT2D eigenvalue weighted by Gasteiger charge is -2.03. The number of rotatable bonds is 2. The Morgan fingerprint density at radius 3 is 2.47 bits per heavy atom. The van der Waals surface area contributed by atoms with Crippen LogP contribution < -0.4 is 0 Å². The summed E-state index contributed by atoms with van der Waals surface area (Å²) < 4.78 is 14.7. The van der Waals surface area contributed by atoms with E-state index in [0.29, 0.717) is 5.92 Å². The lowest BCUT2D eigenvalue weighted by atomic mass is 10.0. The summed E-state index contributed by atoms with van der Waals surface area (Å²) in [6.45, 7) is 4.33. The first-order valence-electron chi connectivity index (χ1n) is 6.39. The molecule has 0 aliphatic heterocycles. The van der Waals surface area contributed by atoms with Crippen LogP contribution in [0.15, 0.2) is 48.7 Å². The second-order valence-corrected chi connectivity index (χ2v) is 5.02. The molecule has 0 amide bonds. The monoisotopic (exact) mass is 254 g/mol. The van der Waals surface area contributed by atoms with Crippen LogP contribution in [0, 0.1) is 5.82 Å². The number of halogens is 1. The van der Waals surface area contributed by atoms with Gasteiger partial charge in [0, 0.05) is 11.6 Å². The molecule has 0 saturated carbocycles. The molecular formula is C16H15FN2. The highest BCUT2D eigenvalue weighted by atomic mass is 19.1. The van der Waals surface area contributed by atoms with Crippen molar-refractivity contribution in [3.05, 3.63) is 60.0 Å². The van der Waals surface area contributed by atoms with Gasteiger partial charge < -0.3 is 0 Å². The summed E-state index contributed by atoms with van der Waals surface area (Å²) in [5.41, 5.74) is 3.11. The summed E-state index contributed by atoms with van der Waals surface area (Å²) in [4.78, 5) is 0. The molecule has 0 spiro atoms. The Balaban J connectivity index is 2.08. The first-order chi connectivity index (χ1) is 9.13. The van der Waals surface area contributed by atoms with Crippen LogP contribution in [0.25, 0.3) is 16.6 Å². The highest BCUT2D eigenvalue weighted by molar-refractivity contribution is 5.79. The first kappa shape index (κ1) is 11.9. The molecule has 3 aromatic rings. The van der Waals surface area contributed by atoms with Crippen molar-refractivity contribution in [2.45, 2.75) is 19.8 Å². The lowest BCUT2D eigenvalue weighted by Crippen LogP contribution is -1.93. The second-order valence-electron chi connectivity index (χ2n) is 5.02. The molecule has 2 aromatic carbocycles. The topological polar surface area (TPSA) is 17.8 Å². The van der Waals surface area contributed by atoms with Gasteiger partial charge in [-0.3, -0.25) is 0 Å². The van der Waals surface area contributed by atoms with Gasteiger partial charge in [-0.25, -0.2) is 9.07 Å². The summed E-state index contributed by atoms with van der Waals surface area (Å²) in [5, 5.41) is 5.64. The molecule has 19 heavy (non-hydrogen) atoms. The molecule has 0 fully saturated rings. The van der Waals surface area contributed by atoms with E-state index in [9.17, 15) is 4.39 Å². The van der Waals surface area contributed by atoms with Crippen LogP contribution in [0.2, 0.25) is 0 Å². The number of hydrogen-bond donors (Lipinski definition) is 0. The normalized spacial score (nSPS) is 11.4. The van der Waals surface area contributed by atoms with E-state index in [4.69, 9.17) is 0 Å². The minimum absolute atomic E-state index is 0.234. The Morgan fingerprint density at radius 1 is 1.05 bits per heavy atom. The Hall–Kier alpha value is -2.16. The van der Waals surface area contributed by atoms with Gasteiger partial charge >= 0.3 is 0 Å². The molecule has 2 nitrogen and oxygen atoms in total. The van der Waals surface area contributed by atoms with E-state index in [1.165, 1.54) is 17.7 Å². The zero-order chi connectivity index (χ0) is 13.4. The fourth-order valence-electron chi connectivity index (χ4n) is 2.12. The summed E-state index contributed by atoms with van der Waals surface area (Å²) in [5.74, 6) is 0.253. The first-order valence-corrected chi connectivity index (χ1v) is 6.39. The zero-order valence-electron chi connectivity index (χ0n) is 11.0.